The number of carbonyl (C=O) groups excluding carboxylic acids is 2. The minimum atomic E-state index is -0.768. The first-order chi connectivity index (χ1) is 20.5. The number of aromatic amines is 1. The largest absolute Gasteiger partial charge is 0.378 e. The standard InChI is InChI=1S/C33H36N6O3/c40-31(38-14-12-37(13-15-38)30-17-24-8-4-5-9-28(24)35-32(30)41)18-25-16-23-10-11-29-26(19-34-36-29)27(23)21-39(33(25)42)20-22-6-2-1-3-7-22/h1-11,19,25,30,33,42H,12-18,20-21H2,(H,34,36)(H,35,41)/t25-,30?,33?/m0/s1. The van der Waals surface area contributed by atoms with Crippen LogP contribution < -0.4 is 5.32 Å². The average Bonchev–Trinajstić information content (AvgIpc) is 3.46. The Bertz CT molecular complexity index is 1600. The number of nitrogens with zero attached hydrogens (tertiary/aromatic N) is 4. The molecule has 4 heterocycles. The molecule has 216 valence electrons. The summed E-state index contributed by atoms with van der Waals surface area (Å²) in [7, 11) is 0. The molecule has 0 saturated carbocycles. The van der Waals surface area contributed by atoms with Crippen LogP contribution in [-0.2, 0) is 35.5 Å². The Balaban J connectivity index is 1.05. The molecule has 0 spiro atoms. The number of H-pyrrole nitrogens is 1. The van der Waals surface area contributed by atoms with Gasteiger partial charge < -0.3 is 15.3 Å². The predicted octanol–water partition coefficient (Wildman–Crippen LogP) is 3.15. The van der Waals surface area contributed by atoms with Crippen molar-refractivity contribution in [1.29, 1.82) is 0 Å². The minimum absolute atomic E-state index is 0.0268. The summed E-state index contributed by atoms with van der Waals surface area (Å²) in [6.45, 7) is 3.63. The molecule has 9 nitrogen and oxygen atoms in total. The third-order valence-corrected chi connectivity index (χ3v) is 9.24. The molecule has 9 heteroatoms. The maximum atomic E-state index is 13.7. The van der Waals surface area contributed by atoms with E-state index in [2.05, 4.69) is 49.6 Å². The van der Waals surface area contributed by atoms with Crippen LogP contribution in [-0.4, -0.2) is 80.3 Å². The molecule has 0 radical (unpaired) electrons. The number of hydrogen-bond acceptors (Lipinski definition) is 6. The van der Waals surface area contributed by atoms with E-state index in [-0.39, 0.29) is 30.2 Å². The van der Waals surface area contributed by atoms with E-state index in [0.717, 1.165) is 38.8 Å². The summed E-state index contributed by atoms with van der Waals surface area (Å²) >= 11 is 0. The molecule has 42 heavy (non-hydrogen) atoms. The van der Waals surface area contributed by atoms with Gasteiger partial charge in [0.1, 0.15) is 6.23 Å². The van der Waals surface area contributed by atoms with E-state index in [4.69, 9.17) is 0 Å². The van der Waals surface area contributed by atoms with Gasteiger partial charge in [-0.3, -0.25) is 24.5 Å². The van der Waals surface area contributed by atoms with Gasteiger partial charge in [-0.15, -0.1) is 0 Å². The first kappa shape index (κ1) is 26.8. The highest BCUT2D eigenvalue weighted by atomic mass is 16.3. The number of para-hydroxylation sites is 1. The highest BCUT2D eigenvalue weighted by Crippen LogP contribution is 2.33. The van der Waals surface area contributed by atoms with E-state index in [9.17, 15) is 14.7 Å². The Morgan fingerprint density at radius 1 is 0.929 bits per heavy atom. The molecule has 3 aliphatic heterocycles. The second kappa shape index (κ2) is 11.3. The second-order valence-electron chi connectivity index (χ2n) is 11.8. The Morgan fingerprint density at radius 2 is 1.71 bits per heavy atom. The first-order valence-electron chi connectivity index (χ1n) is 14.8. The second-order valence-corrected chi connectivity index (χ2v) is 11.8. The van der Waals surface area contributed by atoms with Crippen LogP contribution in [0.3, 0.4) is 0 Å². The molecule has 1 fully saturated rings. The number of aliphatic hydroxyl groups excluding tert-OH is 1. The third-order valence-electron chi connectivity index (χ3n) is 9.24. The Labute approximate surface area is 245 Å². The molecule has 3 aromatic carbocycles. The Kier molecular flexibility index (Phi) is 7.23. The third kappa shape index (κ3) is 5.19. The van der Waals surface area contributed by atoms with Crippen LogP contribution in [0, 0.1) is 5.92 Å². The van der Waals surface area contributed by atoms with Gasteiger partial charge in [0.2, 0.25) is 11.8 Å². The smallest absolute Gasteiger partial charge is 0.242 e. The molecule has 1 aromatic heterocycles. The quantitative estimate of drug-likeness (QED) is 0.344. The van der Waals surface area contributed by atoms with E-state index < -0.39 is 6.23 Å². The van der Waals surface area contributed by atoms with E-state index >= 15 is 0 Å². The van der Waals surface area contributed by atoms with Gasteiger partial charge in [-0.2, -0.15) is 5.10 Å². The van der Waals surface area contributed by atoms with Gasteiger partial charge in [0.25, 0.3) is 0 Å². The summed E-state index contributed by atoms with van der Waals surface area (Å²) in [5, 5.41) is 23.1. The number of amides is 2. The van der Waals surface area contributed by atoms with Crippen LogP contribution >= 0.6 is 0 Å². The van der Waals surface area contributed by atoms with Crippen molar-refractivity contribution in [3.8, 4) is 0 Å². The number of nitrogens with one attached hydrogen (secondary N) is 2. The van der Waals surface area contributed by atoms with Crippen molar-refractivity contribution >= 4 is 28.4 Å². The maximum Gasteiger partial charge on any atom is 0.242 e. The Hall–Kier alpha value is -4.05. The van der Waals surface area contributed by atoms with E-state index in [1.54, 1.807) is 0 Å². The van der Waals surface area contributed by atoms with Gasteiger partial charge in [0.05, 0.1) is 17.8 Å². The summed E-state index contributed by atoms with van der Waals surface area (Å²) in [6, 6.07) is 22.0. The molecule has 4 aromatic rings. The van der Waals surface area contributed by atoms with Crippen LogP contribution in [0.5, 0.6) is 0 Å². The predicted molar refractivity (Wildman–Crippen MR) is 160 cm³/mol. The molecule has 3 N–H and O–H groups in total. The van der Waals surface area contributed by atoms with Gasteiger partial charge in [-0.05, 0) is 47.2 Å². The molecular weight excluding hydrogens is 528 g/mol. The fourth-order valence-electron chi connectivity index (χ4n) is 6.90. The number of carbonyl (C=O) groups is 2. The lowest BCUT2D eigenvalue weighted by Gasteiger charge is -2.40. The van der Waals surface area contributed by atoms with E-state index in [1.165, 1.54) is 0 Å². The number of hydrogen-bond donors (Lipinski definition) is 3. The highest BCUT2D eigenvalue weighted by Gasteiger charge is 2.37. The molecule has 3 aliphatic rings. The summed E-state index contributed by atoms with van der Waals surface area (Å²) in [5.74, 6) is -0.158. The van der Waals surface area contributed by atoms with Crippen LogP contribution in [0.4, 0.5) is 5.69 Å². The number of piperazine rings is 1. The molecular formula is C33H36N6O3. The molecule has 2 amide bonds. The molecule has 2 unspecified atom stereocenters. The molecule has 0 aliphatic carbocycles. The number of aliphatic hydroxyl groups is 1. The van der Waals surface area contributed by atoms with Gasteiger partial charge in [0.15, 0.2) is 0 Å². The van der Waals surface area contributed by atoms with Gasteiger partial charge in [0, 0.05) is 62.7 Å². The van der Waals surface area contributed by atoms with Crippen molar-refractivity contribution in [2.45, 2.75) is 44.6 Å². The zero-order valence-electron chi connectivity index (χ0n) is 23.6. The van der Waals surface area contributed by atoms with Gasteiger partial charge in [-0.1, -0.05) is 54.6 Å². The minimum Gasteiger partial charge on any atom is -0.378 e. The number of rotatable bonds is 5. The van der Waals surface area contributed by atoms with Crippen molar-refractivity contribution in [1.82, 2.24) is 24.9 Å². The lowest BCUT2D eigenvalue weighted by atomic mass is 9.92. The Morgan fingerprint density at radius 3 is 2.55 bits per heavy atom. The first-order valence-corrected chi connectivity index (χ1v) is 14.8. The van der Waals surface area contributed by atoms with Gasteiger partial charge in [-0.25, -0.2) is 0 Å². The molecule has 7 rings (SSSR count). The zero-order chi connectivity index (χ0) is 28.6. The van der Waals surface area contributed by atoms with Crippen LogP contribution in [0.2, 0.25) is 0 Å². The van der Waals surface area contributed by atoms with Crippen molar-refractivity contribution in [2.75, 3.05) is 31.5 Å². The summed E-state index contributed by atoms with van der Waals surface area (Å²) in [6.07, 6.45) is 2.67. The van der Waals surface area contributed by atoms with Crippen molar-refractivity contribution in [3.05, 3.63) is 95.2 Å². The van der Waals surface area contributed by atoms with Crippen molar-refractivity contribution in [3.63, 3.8) is 0 Å². The lowest BCUT2D eigenvalue weighted by molar-refractivity contribution is -0.137. The monoisotopic (exact) mass is 564 g/mol. The lowest BCUT2D eigenvalue weighted by Crippen LogP contribution is -2.56. The summed E-state index contributed by atoms with van der Waals surface area (Å²) in [4.78, 5) is 32.7. The average molecular weight is 565 g/mol. The maximum absolute atomic E-state index is 13.7. The van der Waals surface area contributed by atoms with E-state index in [0.29, 0.717) is 52.1 Å². The van der Waals surface area contributed by atoms with Gasteiger partial charge >= 0.3 is 0 Å². The summed E-state index contributed by atoms with van der Waals surface area (Å²) < 4.78 is 0. The fourth-order valence-corrected chi connectivity index (χ4v) is 6.90. The fraction of sp³-hybridized carbons (Fsp3) is 0.364. The van der Waals surface area contributed by atoms with Crippen LogP contribution in [0.25, 0.3) is 10.9 Å². The van der Waals surface area contributed by atoms with Crippen molar-refractivity contribution in [2.24, 2.45) is 5.92 Å². The molecule has 3 atom stereocenters. The zero-order valence-corrected chi connectivity index (χ0v) is 23.6. The number of aromatic nitrogens is 2. The highest BCUT2D eigenvalue weighted by molar-refractivity contribution is 5.98. The van der Waals surface area contributed by atoms with Crippen LogP contribution in [0.1, 0.15) is 28.7 Å². The van der Waals surface area contributed by atoms with Crippen molar-refractivity contribution < 1.29 is 14.7 Å². The summed E-state index contributed by atoms with van der Waals surface area (Å²) in [5.41, 5.74) is 6.46. The van der Waals surface area contributed by atoms with E-state index in [1.807, 2.05) is 53.6 Å². The number of anilines is 1. The normalized spacial score (nSPS) is 23.2. The number of fused-ring (bicyclic) bond motifs is 4. The SMILES string of the molecule is O=C1Nc2ccccc2CC1N1CCN(C(=O)C[C@@H]2Cc3ccc4[nH]ncc4c3CN(Cc3ccccc3)C2O)CC1. The number of benzene rings is 3. The molecule has 1 saturated heterocycles. The van der Waals surface area contributed by atoms with Crippen LogP contribution in [0.15, 0.2) is 72.9 Å². The topological polar surface area (TPSA) is 105 Å². The molecule has 0 bridgehead atoms.